The molecule has 3 aromatic rings. The maximum atomic E-state index is 12.7. The van der Waals surface area contributed by atoms with E-state index in [2.05, 4.69) is 20.9 Å². The van der Waals surface area contributed by atoms with Gasteiger partial charge in [0.1, 0.15) is 11.8 Å². The molecule has 188 valence electrons. The molecule has 0 aliphatic rings. The zero-order valence-electron chi connectivity index (χ0n) is 20.3. The predicted molar refractivity (Wildman–Crippen MR) is 127 cm³/mol. The van der Waals surface area contributed by atoms with Crippen LogP contribution in [0.2, 0.25) is 0 Å². The quantitative estimate of drug-likeness (QED) is 0.406. The first-order valence-electron chi connectivity index (χ1n) is 10.8. The number of benzene rings is 2. The number of carbonyl (C=O) groups excluding carboxylic acids is 2. The van der Waals surface area contributed by atoms with Gasteiger partial charge in [0.05, 0.1) is 52.8 Å². The molecule has 1 aromatic heterocycles. The molecule has 0 saturated carbocycles. The molecule has 12 heteroatoms. The fourth-order valence-corrected chi connectivity index (χ4v) is 3.39. The number of carbonyl (C=O) groups is 2. The van der Waals surface area contributed by atoms with Crippen molar-refractivity contribution in [3.63, 3.8) is 0 Å². The Hall–Kier alpha value is -4.79. The summed E-state index contributed by atoms with van der Waals surface area (Å²) in [6.07, 6.45) is 1.43. The summed E-state index contributed by atoms with van der Waals surface area (Å²) in [7, 11) is 5.89. The first-order valence-corrected chi connectivity index (χ1v) is 10.8. The van der Waals surface area contributed by atoms with Crippen molar-refractivity contribution in [1.82, 2.24) is 25.6 Å². The van der Waals surface area contributed by atoms with Crippen molar-refractivity contribution >= 4 is 11.8 Å². The summed E-state index contributed by atoms with van der Waals surface area (Å²) in [5.41, 5.74) is 0.880. The predicted octanol–water partition coefficient (Wildman–Crippen LogP) is 1.74. The van der Waals surface area contributed by atoms with Crippen LogP contribution in [-0.2, 0) is 6.54 Å². The number of nitrogens with zero attached hydrogens (tertiary/aromatic N) is 4. The van der Waals surface area contributed by atoms with Crippen molar-refractivity contribution in [3.05, 3.63) is 59.4 Å². The number of aromatic nitrogens is 3. The first kappa shape index (κ1) is 25.8. The number of ether oxygens (including phenoxy) is 4. The molecule has 0 aliphatic carbocycles. The number of rotatable bonds is 11. The summed E-state index contributed by atoms with van der Waals surface area (Å²) in [5, 5.41) is 22.6. The van der Waals surface area contributed by atoms with E-state index in [1.165, 1.54) is 39.3 Å². The highest BCUT2D eigenvalue weighted by atomic mass is 16.5. The lowest BCUT2D eigenvalue weighted by Crippen LogP contribution is -2.28. The van der Waals surface area contributed by atoms with E-state index in [9.17, 15) is 14.9 Å². The smallest absolute Gasteiger partial charge is 0.274 e. The zero-order valence-corrected chi connectivity index (χ0v) is 20.3. The van der Waals surface area contributed by atoms with Crippen LogP contribution in [0.15, 0.2) is 42.6 Å². The first-order chi connectivity index (χ1) is 17.4. The summed E-state index contributed by atoms with van der Waals surface area (Å²) >= 11 is 0. The van der Waals surface area contributed by atoms with Crippen LogP contribution in [0.25, 0.3) is 0 Å². The third-order valence-corrected chi connectivity index (χ3v) is 5.18. The fraction of sp³-hybridized carbons (Fsp3) is 0.292. The number of hydrogen-bond acceptors (Lipinski definition) is 9. The Labute approximate surface area is 207 Å². The molecule has 36 heavy (non-hydrogen) atoms. The van der Waals surface area contributed by atoms with Gasteiger partial charge in [0.2, 0.25) is 5.75 Å². The normalized spacial score (nSPS) is 11.1. The van der Waals surface area contributed by atoms with E-state index >= 15 is 0 Å². The number of methoxy groups -OCH3 is 4. The van der Waals surface area contributed by atoms with Crippen molar-refractivity contribution in [2.75, 3.05) is 35.0 Å². The van der Waals surface area contributed by atoms with Crippen molar-refractivity contribution in [1.29, 1.82) is 5.26 Å². The third kappa shape index (κ3) is 5.82. The van der Waals surface area contributed by atoms with E-state index in [1.807, 2.05) is 6.07 Å². The van der Waals surface area contributed by atoms with Crippen molar-refractivity contribution in [2.45, 2.75) is 12.6 Å². The molecule has 1 unspecified atom stereocenters. The van der Waals surface area contributed by atoms with E-state index in [-0.39, 0.29) is 36.0 Å². The van der Waals surface area contributed by atoms with Gasteiger partial charge in [-0.05, 0) is 29.8 Å². The second-order valence-electron chi connectivity index (χ2n) is 7.32. The number of nitriles is 1. The summed E-state index contributed by atoms with van der Waals surface area (Å²) in [5.74, 6) is 0.613. The molecule has 0 radical (unpaired) electrons. The maximum absolute atomic E-state index is 12.7. The number of nitrogens with one attached hydrogen (secondary N) is 2. The van der Waals surface area contributed by atoms with E-state index < -0.39 is 11.9 Å². The van der Waals surface area contributed by atoms with Crippen LogP contribution < -0.4 is 29.6 Å². The van der Waals surface area contributed by atoms with Gasteiger partial charge in [-0.25, -0.2) is 4.68 Å². The van der Waals surface area contributed by atoms with Gasteiger partial charge >= 0.3 is 0 Å². The maximum Gasteiger partial charge on any atom is 0.274 e. The molecule has 2 amide bonds. The summed E-state index contributed by atoms with van der Waals surface area (Å²) in [4.78, 5) is 25.3. The molecule has 1 atom stereocenters. The highest BCUT2D eigenvalue weighted by molar-refractivity contribution is 5.98. The Bertz CT molecular complexity index is 1270. The average Bonchev–Trinajstić information content (AvgIpc) is 3.39. The number of hydrogen-bond donors (Lipinski definition) is 2. The summed E-state index contributed by atoms with van der Waals surface area (Å²) in [6.45, 7) is 0.449. The van der Waals surface area contributed by atoms with E-state index in [0.29, 0.717) is 22.8 Å². The van der Waals surface area contributed by atoms with Crippen LogP contribution in [0.4, 0.5) is 0 Å². The van der Waals surface area contributed by atoms with Gasteiger partial charge in [-0.15, -0.1) is 5.10 Å². The molecular weight excluding hydrogens is 468 g/mol. The number of amides is 2. The highest BCUT2D eigenvalue weighted by Crippen LogP contribution is 2.39. The van der Waals surface area contributed by atoms with Crippen LogP contribution in [0.3, 0.4) is 0 Å². The Balaban J connectivity index is 1.60. The van der Waals surface area contributed by atoms with E-state index in [0.717, 1.165) is 0 Å². The fourth-order valence-electron chi connectivity index (χ4n) is 3.39. The second-order valence-corrected chi connectivity index (χ2v) is 7.32. The molecule has 0 spiro atoms. The Kier molecular flexibility index (Phi) is 8.66. The summed E-state index contributed by atoms with van der Waals surface area (Å²) < 4.78 is 22.5. The minimum Gasteiger partial charge on any atom is -0.497 e. The summed E-state index contributed by atoms with van der Waals surface area (Å²) in [6, 6.07) is 11.2. The molecule has 0 bridgehead atoms. The third-order valence-electron chi connectivity index (χ3n) is 5.18. The van der Waals surface area contributed by atoms with Crippen LogP contribution >= 0.6 is 0 Å². The van der Waals surface area contributed by atoms with Gasteiger partial charge in [-0.3, -0.25) is 9.59 Å². The van der Waals surface area contributed by atoms with E-state index in [4.69, 9.17) is 18.9 Å². The van der Waals surface area contributed by atoms with E-state index in [1.54, 1.807) is 36.4 Å². The minimum absolute atomic E-state index is 0.0334. The van der Waals surface area contributed by atoms with Gasteiger partial charge in [-0.2, -0.15) is 5.26 Å². The molecule has 12 nitrogen and oxygen atoms in total. The van der Waals surface area contributed by atoms with Crippen LogP contribution in [0, 0.1) is 11.3 Å². The Morgan fingerprint density at radius 1 is 1.03 bits per heavy atom. The second kappa shape index (κ2) is 12.1. The lowest BCUT2D eigenvalue weighted by molar-refractivity contribution is 0.0934. The van der Waals surface area contributed by atoms with Crippen LogP contribution in [-0.4, -0.2) is 61.8 Å². The highest BCUT2D eigenvalue weighted by Gasteiger charge is 2.21. The average molecular weight is 495 g/mol. The molecular formula is C24H26N6O6. The van der Waals surface area contributed by atoms with Crippen molar-refractivity contribution in [2.24, 2.45) is 0 Å². The van der Waals surface area contributed by atoms with Crippen LogP contribution in [0.1, 0.15) is 32.5 Å². The molecule has 0 aliphatic heterocycles. The van der Waals surface area contributed by atoms with Crippen LogP contribution in [0.5, 0.6) is 23.0 Å². The van der Waals surface area contributed by atoms with Gasteiger partial charge < -0.3 is 29.6 Å². The largest absolute Gasteiger partial charge is 0.497 e. The van der Waals surface area contributed by atoms with Gasteiger partial charge in [0, 0.05) is 6.54 Å². The Morgan fingerprint density at radius 2 is 1.81 bits per heavy atom. The molecule has 0 fully saturated rings. The molecule has 2 aromatic carbocycles. The Morgan fingerprint density at radius 3 is 2.47 bits per heavy atom. The molecule has 3 rings (SSSR count). The standard InChI is InChI=1S/C24H26N6O6/c1-33-16-7-5-6-15(12-16)18(13-25)27-24(32)19-14-30(29-28-19)11-10-26-23(31)17-8-9-20(34-2)22(36-4)21(17)35-3/h5-9,12,14,18H,10-11H2,1-4H3,(H,26,31)(H,27,32). The zero-order chi connectivity index (χ0) is 26.1. The molecule has 2 N–H and O–H groups in total. The minimum atomic E-state index is -0.895. The van der Waals surface area contributed by atoms with Crippen molar-refractivity contribution in [3.8, 4) is 29.1 Å². The molecule has 1 heterocycles. The SMILES string of the molecule is COc1cccc(C(C#N)NC(=O)c2cn(CCNC(=O)c3ccc(OC)c(OC)c3OC)nn2)c1. The topological polar surface area (TPSA) is 150 Å². The molecule has 0 saturated heterocycles. The lowest BCUT2D eigenvalue weighted by atomic mass is 10.1. The lowest BCUT2D eigenvalue weighted by Gasteiger charge is -2.15. The van der Waals surface area contributed by atoms with Gasteiger partial charge in [0.25, 0.3) is 11.8 Å². The monoisotopic (exact) mass is 494 g/mol. The van der Waals surface area contributed by atoms with Gasteiger partial charge in [0.15, 0.2) is 17.2 Å². The van der Waals surface area contributed by atoms with Gasteiger partial charge in [-0.1, -0.05) is 17.3 Å². The van der Waals surface area contributed by atoms with Crippen molar-refractivity contribution < 1.29 is 28.5 Å².